The van der Waals surface area contributed by atoms with E-state index >= 15 is 0 Å². The summed E-state index contributed by atoms with van der Waals surface area (Å²) >= 11 is 1.13. The van der Waals surface area contributed by atoms with Gasteiger partial charge in [0.25, 0.3) is 5.91 Å². The van der Waals surface area contributed by atoms with Crippen molar-refractivity contribution >= 4 is 35.4 Å². The number of hydrogen-bond acceptors (Lipinski definition) is 7. The summed E-state index contributed by atoms with van der Waals surface area (Å²) in [4.78, 5) is 35.8. The largest absolute Gasteiger partial charge is 0.449 e. The van der Waals surface area contributed by atoms with E-state index in [2.05, 4.69) is 10.5 Å². The van der Waals surface area contributed by atoms with Crippen molar-refractivity contribution in [2.45, 2.75) is 24.8 Å². The molecular formula is C16H17N3O5S. The van der Waals surface area contributed by atoms with Crippen LogP contribution in [0.1, 0.15) is 23.0 Å². The average molecular weight is 363 g/mol. The third-order valence-corrected chi connectivity index (χ3v) is 4.10. The monoisotopic (exact) mass is 363 g/mol. The fraction of sp³-hybridized carbons (Fsp3) is 0.250. The van der Waals surface area contributed by atoms with Crippen molar-refractivity contribution in [2.24, 2.45) is 5.73 Å². The van der Waals surface area contributed by atoms with Crippen LogP contribution >= 0.6 is 11.8 Å². The molecule has 2 aromatic rings. The van der Waals surface area contributed by atoms with Gasteiger partial charge in [-0.3, -0.25) is 14.9 Å². The molecule has 132 valence electrons. The number of nitrogens with one attached hydrogen (secondary N) is 1. The summed E-state index contributed by atoms with van der Waals surface area (Å²) in [6.45, 7) is 3.15. The lowest BCUT2D eigenvalue weighted by molar-refractivity contribution is -0.124. The minimum absolute atomic E-state index is 0.0329. The van der Waals surface area contributed by atoms with Gasteiger partial charge in [-0.2, -0.15) is 0 Å². The van der Waals surface area contributed by atoms with Crippen LogP contribution in [0.5, 0.6) is 0 Å². The van der Waals surface area contributed by atoms with Crippen molar-refractivity contribution in [3.05, 3.63) is 41.6 Å². The van der Waals surface area contributed by atoms with Crippen molar-refractivity contribution in [2.75, 3.05) is 11.1 Å². The van der Waals surface area contributed by atoms with Crippen LogP contribution in [0, 0.1) is 6.92 Å². The Labute approximate surface area is 148 Å². The number of carbonyl (C=O) groups excluding carboxylic acids is 3. The van der Waals surface area contributed by atoms with Crippen molar-refractivity contribution in [1.82, 2.24) is 5.16 Å². The predicted molar refractivity (Wildman–Crippen MR) is 91.1 cm³/mol. The van der Waals surface area contributed by atoms with Gasteiger partial charge in [-0.15, -0.1) is 11.8 Å². The van der Waals surface area contributed by atoms with E-state index in [4.69, 9.17) is 15.0 Å². The van der Waals surface area contributed by atoms with E-state index in [0.717, 1.165) is 11.8 Å². The maximum atomic E-state index is 12.3. The zero-order valence-corrected chi connectivity index (χ0v) is 14.5. The standard InChI is InChI=1S/C16H17N3O5S/c1-9-7-14(24-19-9)18-15(21)10(2)23-16(22)11-5-3-4-6-12(11)25-8-13(17)20/h3-7,10H,8H2,1-2H3,(H2,17,20)(H,18,21). The summed E-state index contributed by atoms with van der Waals surface area (Å²) in [6, 6.07) is 8.15. The summed E-state index contributed by atoms with van der Waals surface area (Å²) in [6.07, 6.45) is -1.05. The SMILES string of the molecule is Cc1cc(NC(=O)C(C)OC(=O)c2ccccc2SCC(N)=O)on1. The normalized spacial score (nSPS) is 11.6. The molecule has 8 nitrogen and oxygen atoms in total. The topological polar surface area (TPSA) is 125 Å². The molecule has 0 radical (unpaired) electrons. The van der Waals surface area contributed by atoms with Crippen LogP contribution < -0.4 is 11.1 Å². The van der Waals surface area contributed by atoms with E-state index in [1.54, 1.807) is 37.3 Å². The molecule has 25 heavy (non-hydrogen) atoms. The fourth-order valence-corrected chi connectivity index (χ4v) is 2.61. The van der Waals surface area contributed by atoms with Crippen molar-refractivity contribution in [3.8, 4) is 0 Å². The zero-order valence-electron chi connectivity index (χ0n) is 13.6. The highest BCUT2D eigenvalue weighted by Crippen LogP contribution is 2.23. The van der Waals surface area contributed by atoms with Crippen LogP contribution in [0.4, 0.5) is 5.88 Å². The summed E-state index contributed by atoms with van der Waals surface area (Å²) in [5.74, 6) is -1.52. The molecule has 0 fully saturated rings. The number of primary amides is 1. The molecule has 1 unspecified atom stereocenters. The molecule has 2 amide bonds. The second-order valence-electron chi connectivity index (χ2n) is 5.12. The van der Waals surface area contributed by atoms with Crippen molar-refractivity contribution in [3.63, 3.8) is 0 Å². The highest BCUT2D eigenvalue weighted by Gasteiger charge is 2.22. The van der Waals surface area contributed by atoms with Gasteiger partial charge in [0, 0.05) is 11.0 Å². The molecule has 1 aromatic carbocycles. The highest BCUT2D eigenvalue weighted by atomic mass is 32.2. The maximum absolute atomic E-state index is 12.3. The molecule has 0 bridgehead atoms. The summed E-state index contributed by atoms with van der Waals surface area (Å²) in [5, 5.41) is 6.11. The number of carbonyl (C=O) groups is 3. The van der Waals surface area contributed by atoms with Crippen LogP contribution in [-0.2, 0) is 14.3 Å². The Morgan fingerprint density at radius 2 is 2.08 bits per heavy atom. The molecular weight excluding hydrogens is 346 g/mol. The first kappa shape index (κ1) is 18.5. The van der Waals surface area contributed by atoms with Gasteiger partial charge in [0.2, 0.25) is 11.8 Å². The van der Waals surface area contributed by atoms with Gasteiger partial charge in [0.1, 0.15) is 0 Å². The lowest BCUT2D eigenvalue weighted by atomic mass is 10.2. The van der Waals surface area contributed by atoms with E-state index in [9.17, 15) is 14.4 Å². The molecule has 0 aliphatic rings. The van der Waals surface area contributed by atoms with E-state index in [1.165, 1.54) is 6.92 Å². The number of aryl methyl sites for hydroxylation is 1. The first-order valence-electron chi connectivity index (χ1n) is 7.32. The molecule has 2 rings (SSSR count). The van der Waals surface area contributed by atoms with Crippen LogP contribution in [-0.4, -0.2) is 34.8 Å². The fourth-order valence-electron chi connectivity index (χ4n) is 1.83. The molecule has 0 saturated heterocycles. The van der Waals surface area contributed by atoms with Gasteiger partial charge in [0.05, 0.1) is 17.0 Å². The molecule has 1 atom stereocenters. The Bertz CT molecular complexity index is 790. The number of benzene rings is 1. The van der Waals surface area contributed by atoms with E-state index < -0.39 is 23.9 Å². The molecule has 1 aromatic heterocycles. The number of ether oxygens (including phenoxy) is 1. The number of thioether (sulfide) groups is 1. The Kier molecular flexibility index (Phi) is 6.18. The average Bonchev–Trinajstić information content (AvgIpc) is 2.97. The highest BCUT2D eigenvalue weighted by molar-refractivity contribution is 8.00. The number of amides is 2. The Morgan fingerprint density at radius 3 is 2.72 bits per heavy atom. The molecule has 3 N–H and O–H groups in total. The number of nitrogens with zero attached hydrogens (tertiary/aromatic N) is 1. The van der Waals surface area contributed by atoms with Crippen LogP contribution in [0.25, 0.3) is 0 Å². The minimum Gasteiger partial charge on any atom is -0.449 e. The predicted octanol–water partition coefficient (Wildman–Crippen LogP) is 1.74. The number of anilines is 1. The molecule has 0 aliphatic carbocycles. The van der Waals surface area contributed by atoms with Crippen LogP contribution in [0.15, 0.2) is 39.8 Å². The third kappa shape index (κ3) is 5.35. The van der Waals surface area contributed by atoms with Crippen molar-refractivity contribution < 1.29 is 23.6 Å². The summed E-state index contributed by atoms with van der Waals surface area (Å²) < 4.78 is 10.1. The van der Waals surface area contributed by atoms with E-state index in [1.807, 2.05) is 0 Å². The van der Waals surface area contributed by atoms with E-state index in [-0.39, 0.29) is 17.2 Å². The Morgan fingerprint density at radius 1 is 1.36 bits per heavy atom. The number of nitrogens with two attached hydrogens (primary N) is 1. The van der Waals surface area contributed by atoms with E-state index in [0.29, 0.717) is 10.6 Å². The lowest BCUT2D eigenvalue weighted by Crippen LogP contribution is -2.30. The smallest absolute Gasteiger partial charge is 0.340 e. The molecule has 0 aliphatic heterocycles. The van der Waals surface area contributed by atoms with Gasteiger partial charge in [0.15, 0.2) is 6.10 Å². The second-order valence-corrected chi connectivity index (χ2v) is 6.14. The second kappa shape index (κ2) is 8.34. The van der Waals surface area contributed by atoms with Gasteiger partial charge in [-0.05, 0) is 26.0 Å². The maximum Gasteiger partial charge on any atom is 0.340 e. The molecule has 9 heteroatoms. The van der Waals surface area contributed by atoms with Gasteiger partial charge < -0.3 is 15.0 Å². The quantitative estimate of drug-likeness (QED) is 0.567. The zero-order chi connectivity index (χ0) is 18.4. The number of esters is 1. The first-order valence-corrected chi connectivity index (χ1v) is 8.30. The minimum atomic E-state index is -1.05. The first-order chi connectivity index (χ1) is 11.9. The van der Waals surface area contributed by atoms with Crippen LogP contribution in [0.3, 0.4) is 0 Å². The summed E-state index contributed by atoms with van der Waals surface area (Å²) in [7, 11) is 0. The lowest BCUT2D eigenvalue weighted by Gasteiger charge is -2.13. The summed E-state index contributed by atoms with van der Waals surface area (Å²) in [5.41, 5.74) is 5.98. The number of hydrogen-bond donors (Lipinski definition) is 2. The van der Waals surface area contributed by atoms with Crippen LogP contribution in [0.2, 0.25) is 0 Å². The van der Waals surface area contributed by atoms with Gasteiger partial charge in [-0.25, -0.2) is 4.79 Å². The Balaban J connectivity index is 2.01. The number of rotatable bonds is 7. The van der Waals surface area contributed by atoms with Gasteiger partial charge in [-0.1, -0.05) is 17.3 Å². The molecule has 0 saturated carbocycles. The molecule has 1 heterocycles. The van der Waals surface area contributed by atoms with Crippen molar-refractivity contribution in [1.29, 1.82) is 0 Å². The number of aromatic nitrogens is 1. The van der Waals surface area contributed by atoms with Gasteiger partial charge >= 0.3 is 5.97 Å². The Hall–Kier alpha value is -2.81. The third-order valence-electron chi connectivity index (χ3n) is 3.00. The molecule has 0 spiro atoms.